The van der Waals surface area contributed by atoms with Crippen LogP contribution in [0.2, 0.25) is 0 Å². The number of rotatable bonds is 13. The predicted octanol–water partition coefficient (Wildman–Crippen LogP) is 1.12. The van der Waals surface area contributed by atoms with Gasteiger partial charge >= 0.3 is 0 Å². The van der Waals surface area contributed by atoms with Crippen molar-refractivity contribution < 1.29 is 28.3 Å². The summed E-state index contributed by atoms with van der Waals surface area (Å²) in [5.41, 5.74) is 8.05. The molecule has 0 saturated carbocycles. The van der Waals surface area contributed by atoms with Crippen molar-refractivity contribution in [3.05, 3.63) is 119 Å². The number of allylic oxidation sites excluding steroid dienone is 1. The number of hydrogen-bond acceptors (Lipinski definition) is 7. The van der Waals surface area contributed by atoms with Crippen molar-refractivity contribution >= 4 is 27.7 Å². The first-order chi connectivity index (χ1) is 19.2. The number of carbonyl (C=O) groups is 2. The fraction of sp³-hybridized carbons (Fsp3) is 0.179. The van der Waals surface area contributed by atoms with E-state index in [2.05, 4.69) is 20.5 Å². The number of carbonyl (C=O) groups excluding carboxylic acids is 2. The molecule has 0 aliphatic carbocycles. The smallest absolute Gasteiger partial charge is 0.267 e. The first-order valence-corrected chi connectivity index (χ1v) is 13.9. The maximum atomic E-state index is 13.1. The van der Waals surface area contributed by atoms with Gasteiger partial charge in [-0.15, -0.1) is 0 Å². The topological polar surface area (TPSA) is 183 Å². The van der Waals surface area contributed by atoms with Gasteiger partial charge in [-0.3, -0.25) is 9.59 Å². The summed E-state index contributed by atoms with van der Waals surface area (Å²) >= 11 is 0. The summed E-state index contributed by atoms with van der Waals surface area (Å²) < 4.78 is 27.4. The molecule has 12 heteroatoms. The third kappa shape index (κ3) is 9.34. The van der Waals surface area contributed by atoms with Crippen LogP contribution in [0, 0.1) is 0 Å². The Morgan fingerprint density at radius 3 is 2.08 bits per heavy atom. The summed E-state index contributed by atoms with van der Waals surface area (Å²) in [5, 5.41) is 26.7. The lowest BCUT2D eigenvalue weighted by Crippen LogP contribution is -2.50. The molecule has 0 radical (unpaired) electrons. The Labute approximate surface area is 232 Å². The Bertz CT molecular complexity index is 1440. The van der Waals surface area contributed by atoms with Crippen LogP contribution in [-0.2, 0) is 38.3 Å². The first kappa shape index (κ1) is 30.0. The van der Waals surface area contributed by atoms with Crippen LogP contribution in [0.3, 0.4) is 0 Å². The van der Waals surface area contributed by atoms with E-state index < -0.39 is 34.5 Å². The first-order valence-electron chi connectivity index (χ1n) is 12.3. The molecule has 3 rings (SSSR count). The highest BCUT2D eigenvalue weighted by Crippen LogP contribution is 2.08. The highest BCUT2D eigenvalue weighted by Gasteiger charge is 2.26. The number of amides is 2. The Hall–Kier alpha value is -4.52. The number of nitrogens with zero attached hydrogens (tertiary/aromatic N) is 1. The highest BCUT2D eigenvalue weighted by atomic mass is 32.2. The van der Waals surface area contributed by atoms with Crippen LogP contribution in [0.4, 0.5) is 0 Å². The second kappa shape index (κ2) is 14.6. The fourth-order valence-electron chi connectivity index (χ4n) is 3.61. The van der Waals surface area contributed by atoms with E-state index >= 15 is 0 Å². The van der Waals surface area contributed by atoms with E-state index in [0.717, 1.165) is 5.56 Å². The van der Waals surface area contributed by atoms with Crippen LogP contribution in [0.25, 0.3) is 0 Å². The van der Waals surface area contributed by atoms with Gasteiger partial charge in [0.25, 0.3) is 5.91 Å². The van der Waals surface area contributed by atoms with Crippen LogP contribution in [0.5, 0.6) is 0 Å². The zero-order valence-electron chi connectivity index (χ0n) is 21.5. The van der Waals surface area contributed by atoms with Gasteiger partial charge in [0.1, 0.15) is 11.7 Å². The fourth-order valence-corrected chi connectivity index (χ4v) is 4.94. The monoisotopic (exact) mass is 565 g/mol. The Morgan fingerprint density at radius 2 is 1.50 bits per heavy atom. The second-order valence-corrected chi connectivity index (χ2v) is 10.5. The third-order valence-electron chi connectivity index (χ3n) is 5.72. The zero-order valence-corrected chi connectivity index (χ0v) is 22.3. The molecule has 0 aromatic heterocycles. The van der Waals surface area contributed by atoms with E-state index in [-0.39, 0.29) is 23.8 Å². The maximum absolute atomic E-state index is 13.1. The molecule has 0 saturated heterocycles. The molecule has 3 aromatic rings. The lowest BCUT2D eigenvalue weighted by Gasteiger charge is -2.18. The minimum absolute atomic E-state index is 0.0535. The van der Waals surface area contributed by atoms with Crippen molar-refractivity contribution in [3.63, 3.8) is 0 Å². The van der Waals surface area contributed by atoms with Crippen LogP contribution < -0.4 is 21.1 Å². The summed E-state index contributed by atoms with van der Waals surface area (Å²) in [5.74, 6) is -1.95. The Balaban J connectivity index is 1.72. The number of oxime groups is 1. The number of sulfonamides is 1. The molecular formula is C28H31N5O6S. The van der Waals surface area contributed by atoms with Gasteiger partial charge in [0.05, 0.1) is 12.4 Å². The normalized spacial score (nSPS) is 12.9. The highest BCUT2D eigenvalue weighted by molar-refractivity contribution is 7.88. The molecule has 3 aromatic carbocycles. The van der Waals surface area contributed by atoms with Crippen molar-refractivity contribution in [2.75, 3.05) is 6.61 Å². The molecule has 2 amide bonds. The molecule has 11 nitrogen and oxygen atoms in total. The molecule has 0 fully saturated rings. The summed E-state index contributed by atoms with van der Waals surface area (Å²) in [6, 6.07) is 22.7. The van der Waals surface area contributed by atoms with Gasteiger partial charge in [0.2, 0.25) is 15.9 Å². The number of benzene rings is 3. The maximum Gasteiger partial charge on any atom is 0.267 e. The van der Waals surface area contributed by atoms with Gasteiger partial charge in [-0.1, -0.05) is 96.2 Å². The lowest BCUT2D eigenvalue weighted by molar-refractivity contribution is -0.125. The van der Waals surface area contributed by atoms with Crippen molar-refractivity contribution in [1.82, 2.24) is 15.4 Å². The molecule has 210 valence electrons. The number of amidine groups is 1. The number of aliphatic hydroxyl groups excluding tert-OH is 1. The van der Waals surface area contributed by atoms with Gasteiger partial charge < -0.3 is 26.7 Å². The summed E-state index contributed by atoms with van der Waals surface area (Å²) in [7, 11) is -3.98. The van der Waals surface area contributed by atoms with E-state index in [1.54, 1.807) is 54.6 Å². The van der Waals surface area contributed by atoms with Crippen molar-refractivity contribution in [2.24, 2.45) is 10.9 Å². The van der Waals surface area contributed by atoms with E-state index in [1.807, 2.05) is 30.3 Å². The van der Waals surface area contributed by atoms with E-state index in [4.69, 9.17) is 10.9 Å². The van der Waals surface area contributed by atoms with Crippen LogP contribution >= 0.6 is 0 Å². The Kier molecular flexibility index (Phi) is 10.9. The van der Waals surface area contributed by atoms with Gasteiger partial charge in [-0.2, -0.15) is 0 Å². The number of nitrogens with two attached hydrogens (primary N) is 1. The molecule has 1 unspecified atom stereocenters. The van der Waals surface area contributed by atoms with Crippen LogP contribution in [0.1, 0.15) is 22.3 Å². The van der Waals surface area contributed by atoms with E-state index in [0.29, 0.717) is 23.1 Å². The number of aliphatic hydroxyl groups is 1. The molecule has 0 aliphatic heterocycles. The molecule has 1 atom stereocenters. The number of hydrogen-bond donors (Lipinski definition) is 6. The molecular weight excluding hydrogens is 534 g/mol. The van der Waals surface area contributed by atoms with Crippen molar-refractivity contribution in [2.45, 2.75) is 24.8 Å². The van der Waals surface area contributed by atoms with Gasteiger partial charge in [-0.25, -0.2) is 13.1 Å². The third-order valence-corrected chi connectivity index (χ3v) is 7.08. The Morgan fingerprint density at radius 1 is 0.900 bits per heavy atom. The molecule has 40 heavy (non-hydrogen) atoms. The largest absolute Gasteiger partial charge is 0.409 e. The SMILES string of the molecule is N/C(=N\O)c1ccc(CNC(=O)/C(=C\Cc2ccccc2)NC(=O)C(CO)NS(=O)(=O)Cc2ccccc2)cc1. The molecule has 0 spiro atoms. The van der Waals surface area contributed by atoms with Crippen molar-refractivity contribution in [3.8, 4) is 0 Å². The average molecular weight is 566 g/mol. The average Bonchev–Trinajstić information content (AvgIpc) is 2.97. The second-order valence-electron chi connectivity index (χ2n) is 8.76. The minimum Gasteiger partial charge on any atom is -0.409 e. The van der Waals surface area contributed by atoms with Crippen molar-refractivity contribution in [1.29, 1.82) is 0 Å². The van der Waals surface area contributed by atoms with E-state index in [9.17, 15) is 23.1 Å². The van der Waals surface area contributed by atoms with Gasteiger partial charge in [-0.05, 0) is 23.1 Å². The van der Waals surface area contributed by atoms with Gasteiger partial charge in [0, 0.05) is 12.1 Å². The summed E-state index contributed by atoms with van der Waals surface area (Å²) in [6.07, 6.45) is 1.82. The zero-order chi connectivity index (χ0) is 29.0. The molecule has 0 aliphatic rings. The summed E-state index contributed by atoms with van der Waals surface area (Å²) in [6.45, 7) is -0.721. The predicted molar refractivity (Wildman–Crippen MR) is 150 cm³/mol. The molecule has 0 heterocycles. The molecule has 7 N–H and O–H groups in total. The van der Waals surface area contributed by atoms with Crippen LogP contribution in [0.15, 0.2) is 102 Å². The standard InChI is InChI=1S/C28H31N5O6S/c29-26(32-37)23-14-11-21(12-15-23)17-30-27(35)24(16-13-20-7-3-1-4-8-20)31-28(36)25(18-34)33-40(38,39)19-22-9-5-2-6-10-22/h1-12,14-16,25,33-34,37H,13,17-19H2,(H2,29,32)(H,30,35)(H,31,36)/b24-16+. The molecule has 0 bridgehead atoms. The van der Waals surface area contributed by atoms with Crippen LogP contribution in [-0.4, -0.2) is 49.0 Å². The number of nitrogens with one attached hydrogen (secondary N) is 3. The minimum atomic E-state index is -3.98. The summed E-state index contributed by atoms with van der Waals surface area (Å²) in [4.78, 5) is 26.0. The van der Waals surface area contributed by atoms with Gasteiger partial charge in [0.15, 0.2) is 5.84 Å². The lowest BCUT2D eigenvalue weighted by atomic mass is 10.1. The van der Waals surface area contributed by atoms with E-state index in [1.165, 1.54) is 6.08 Å². The quantitative estimate of drug-likeness (QED) is 0.0590.